The van der Waals surface area contributed by atoms with E-state index in [9.17, 15) is 18.0 Å². The number of hydrogen-bond donors (Lipinski definition) is 0. The molecular weight excluding hydrogens is 395 g/mol. The quantitative estimate of drug-likeness (QED) is 0.643. The SMILES string of the molecule is COc1cc(C2=CC3CCC(C2)N3C(=O)OCc2ccccc2)cc(C(F)(F)F)c1. The third-order valence-corrected chi connectivity index (χ3v) is 5.65. The van der Waals surface area contributed by atoms with Gasteiger partial charge in [0.2, 0.25) is 0 Å². The van der Waals surface area contributed by atoms with Crippen LogP contribution in [0.25, 0.3) is 5.57 Å². The number of alkyl halides is 3. The van der Waals surface area contributed by atoms with Gasteiger partial charge in [-0.3, -0.25) is 4.90 Å². The van der Waals surface area contributed by atoms with E-state index in [1.165, 1.54) is 7.11 Å². The number of methoxy groups -OCH3 is 1. The number of ether oxygens (including phenoxy) is 2. The number of nitrogens with zero attached hydrogens (tertiary/aromatic N) is 1. The summed E-state index contributed by atoms with van der Waals surface area (Å²) in [5, 5.41) is 0. The summed E-state index contributed by atoms with van der Waals surface area (Å²) in [6.45, 7) is 0.191. The zero-order chi connectivity index (χ0) is 21.3. The molecule has 1 amide bonds. The maximum atomic E-state index is 13.3. The van der Waals surface area contributed by atoms with Gasteiger partial charge in [0.1, 0.15) is 12.4 Å². The monoisotopic (exact) mass is 417 g/mol. The zero-order valence-electron chi connectivity index (χ0n) is 16.5. The van der Waals surface area contributed by atoms with E-state index in [0.717, 1.165) is 36.1 Å². The van der Waals surface area contributed by atoms with Gasteiger partial charge in [0, 0.05) is 6.04 Å². The van der Waals surface area contributed by atoms with Crippen LogP contribution < -0.4 is 4.74 Å². The number of fused-ring (bicyclic) bond motifs is 2. The fourth-order valence-corrected chi connectivity index (χ4v) is 4.19. The Morgan fingerprint density at radius 1 is 1.13 bits per heavy atom. The van der Waals surface area contributed by atoms with Crippen molar-refractivity contribution in [2.45, 2.75) is 44.1 Å². The van der Waals surface area contributed by atoms with E-state index in [0.29, 0.717) is 12.0 Å². The minimum atomic E-state index is -4.45. The van der Waals surface area contributed by atoms with Crippen molar-refractivity contribution in [1.82, 2.24) is 4.90 Å². The molecule has 2 unspecified atom stereocenters. The Hall–Kier alpha value is -2.96. The number of carbonyl (C=O) groups excluding carboxylic acids is 1. The molecule has 1 saturated heterocycles. The molecule has 0 N–H and O–H groups in total. The second-order valence-corrected chi connectivity index (χ2v) is 7.59. The van der Waals surface area contributed by atoms with Gasteiger partial charge in [0.15, 0.2) is 0 Å². The van der Waals surface area contributed by atoms with Crippen LogP contribution >= 0.6 is 0 Å². The summed E-state index contributed by atoms with van der Waals surface area (Å²) in [6.07, 6.45) is -0.899. The van der Waals surface area contributed by atoms with Crippen LogP contribution in [0.15, 0.2) is 54.6 Å². The van der Waals surface area contributed by atoms with Gasteiger partial charge >= 0.3 is 12.3 Å². The molecule has 2 aromatic carbocycles. The highest BCUT2D eigenvalue weighted by Crippen LogP contribution is 2.41. The van der Waals surface area contributed by atoms with Crippen LogP contribution in [0.2, 0.25) is 0 Å². The van der Waals surface area contributed by atoms with Crippen LogP contribution in [0.1, 0.15) is 36.0 Å². The van der Waals surface area contributed by atoms with Crippen molar-refractivity contribution in [3.05, 3.63) is 71.3 Å². The Balaban J connectivity index is 1.53. The van der Waals surface area contributed by atoms with Crippen molar-refractivity contribution in [1.29, 1.82) is 0 Å². The first kappa shape index (κ1) is 20.3. The Kier molecular flexibility index (Phi) is 5.45. The summed E-state index contributed by atoms with van der Waals surface area (Å²) in [6, 6.07) is 12.9. The molecule has 2 aliphatic rings. The van der Waals surface area contributed by atoms with Gasteiger partial charge in [-0.2, -0.15) is 13.2 Å². The first-order chi connectivity index (χ1) is 14.3. The van der Waals surface area contributed by atoms with Gasteiger partial charge in [0.05, 0.1) is 18.7 Å². The number of halogens is 3. The van der Waals surface area contributed by atoms with Crippen LogP contribution in [0.4, 0.5) is 18.0 Å². The Morgan fingerprint density at radius 3 is 2.57 bits per heavy atom. The topological polar surface area (TPSA) is 38.8 Å². The molecule has 2 atom stereocenters. The summed E-state index contributed by atoms with van der Waals surface area (Å²) in [5.41, 5.74) is 1.45. The van der Waals surface area contributed by atoms with E-state index < -0.39 is 11.7 Å². The Labute approximate surface area is 172 Å². The van der Waals surface area contributed by atoms with Gasteiger partial charge in [-0.15, -0.1) is 0 Å². The van der Waals surface area contributed by atoms with E-state index in [-0.39, 0.29) is 30.5 Å². The molecule has 4 rings (SSSR count). The van der Waals surface area contributed by atoms with E-state index in [4.69, 9.17) is 9.47 Å². The van der Waals surface area contributed by atoms with Crippen molar-refractivity contribution in [3.63, 3.8) is 0 Å². The van der Waals surface area contributed by atoms with Gasteiger partial charge in [0.25, 0.3) is 0 Å². The fraction of sp³-hybridized carbons (Fsp3) is 0.348. The largest absolute Gasteiger partial charge is 0.497 e. The molecule has 158 valence electrons. The summed E-state index contributed by atoms with van der Waals surface area (Å²) in [5.74, 6) is 0.165. The third kappa shape index (κ3) is 4.15. The molecule has 0 saturated carbocycles. The molecule has 2 bridgehead atoms. The Bertz CT molecular complexity index is 956. The molecule has 0 radical (unpaired) electrons. The lowest BCUT2D eigenvalue weighted by Gasteiger charge is -2.33. The molecule has 2 aliphatic heterocycles. The van der Waals surface area contributed by atoms with Crippen molar-refractivity contribution < 1.29 is 27.4 Å². The van der Waals surface area contributed by atoms with Gasteiger partial charge in [-0.1, -0.05) is 36.4 Å². The summed E-state index contributed by atoms with van der Waals surface area (Å²) in [7, 11) is 1.35. The smallest absolute Gasteiger partial charge is 0.416 e. The number of rotatable bonds is 4. The number of benzene rings is 2. The van der Waals surface area contributed by atoms with Crippen LogP contribution in [-0.2, 0) is 17.5 Å². The van der Waals surface area contributed by atoms with Crippen LogP contribution in [0.3, 0.4) is 0 Å². The first-order valence-electron chi connectivity index (χ1n) is 9.81. The predicted octanol–water partition coefficient (Wildman–Crippen LogP) is 5.67. The second kappa shape index (κ2) is 8.05. The highest BCUT2D eigenvalue weighted by Gasteiger charge is 2.41. The highest BCUT2D eigenvalue weighted by molar-refractivity contribution is 5.75. The van der Waals surface area contributed by atoms with E-state index in [1.54, 1.807) is 11.0 Å². The molecule has 2 aromatic rings. The molecule has 7 heteroatoms. The average molecular weight is 417 g/mol. The van der Waals surface area contributed by atoms with Crippen molar-refractivity contribution in [2.24, 2.45) is 0 Å². The Morgan fingerprint density at radius 2 is 1.90 bits per heavy atom. The van der Waals surface area contributed by atoms with Crippen LogP contribution in [0, 0.1) is 0 Å². The van der Waals surface area contributed by atoms with E-state index in [1.807, 2.05) is 36.4 Å². The molecule has 0 spiro atoms. The molecule has 2 heterocycles. The molecule has 30 heavy (non-hydrogen) atoms. The summed E-state index contributed by atoms with van der Waals surface area (Å²) >= 11 is 0. The van der Waals surface area contributed by atoms with Gasteiger partial charge < -0.3 is 9.47 Å². The molecule has 0 aromatic heterocycles. The first-order valence-corrected chi connectivity index (χ1v) is 9.81. The third-order valence-electron chi connectivity index (χ3n) is 5.65. The van der Waals surface area contributed by atoms with Crippen molar-refractivity contribution in [2.75, 3.05) is 7.11 Å². The van der Waals surface area contributed by atoms with Gasteiger partial charge in [-0.05, 0) is 54.2 Å². The lowest BCUT2D eigenvalue weighted by Crippen LogP contribution is -2.43. The molecule has 4 nitrogen and oxygen atoms in total. The minimum absolute atomic E-state index is 0.0844. The predicted molar refractivity (Wildman–Crippen MR) is 106 cm³/mol. The zero-order valence-corrected chi connectivity index (χ0v) is 16.5. The molecular formula is C23H22F3NO3. The number of hydrogen-bond acceptors (Lipinski definition) is 3. The number of amides is 1. The van der Waals surface area contributed by atoms with Crippen molar-refractivity contribution >= 4 is 11.7 Å². The second-order valence-electron chi connectivity index (χ2n) is 7.59. The minimum Gasteiger partial charge on any atom is -0.497 e. The summed E-state index contributed by atoms with van der Waals surface area (Å²) in [4.78, 5) is 14.4. The average Bonchev–Trinajstić information content (AvgIpc) is 3.01. The maximum absolute atomic E-state index is 13.3. The lowest BCUT2D eigenvalue weighted by atomic mass is 9.93. The summed E-state index contributed by atoms with van der Waals surface area (Å²) < 4.78 is 50.3. The maximum Gasteiger partial charge on any atom is 0.416 e. The van der Waals surface area contributed by atoms with Gasteiger partial charge in [-0.25, -0.2) is 4.79 Å². The van der Waals surface area contributed by atoms with E-state index >= 15 is 0 Å². The van der Waals surface area contributed by atoms with Crippen molar-refractivity contribution in [3.8, 4) is 5.75 Å². The van der Waals surface area contributed by atoms with Crippen LogP contribution in [0.5, 0.6) is 5.75 Å². The molecule has 1 fully saturated rings. The normalized spacial score (nSPS) is 20.7. The highest BCUT2D eigenvalue weighted by atomic mass is 19.4. The lowest BCUT2D eigenvalue weighted by molar-refractivity contribution is -0.137. The van der Waals surface area contributed by atoms with E-state index in [2.05, 4.69) is 0 Å². The van der Waals surface area contributed by atoms with Crippen LogP contribution in [-0.4, -0.2) is 30.2 Å². The number of carbonyl (C=O) groups is 1. The fourth-order valence-electron chi connectivity index (χ4n) is 4.19. The molecule has 0 aliphatic carbocycles. The standard InChI is InChI=1S/C23H22F3NO3/c1-29-21-12-16(9-18(13-21)23(24,25)26)17-10-19-7-8-20(11-17)27(19)22(28)30-14-15-5-3-2-4-6-15/h2-6,9-10,12-13,19-20H,7-8,11,14H2,1H3.